The molecule has 2 bridgehead atoms. The van der Waals surface area contributed by atoms with Gasteiger partial charge in [-0.3, -0.25) is 14.4 Å². The van der Waals surface area contributed by atoms with Crippen molar-refractivity contribution in [1.29, 1.82) is 0 Å². The maximum absolute atomic E-state index is 14.7. The Morgan fingerprint density at radius 3 is 2.41 bits per heavy atom. The van der Waals surface area contributed by atoms with Crippen LogP contribution in [0.25, 0.3) is 11.1 Å². The van der Waals surface area contributed by atoms with Crippen LogP contribution in [0, 0.1) is 18.3 Å². The maximum atomic E-state index is 14.7. The van der Waals surface area contributed by atoms with Gasteiger partial charge >= 0.3 is 6.09 Å². The van der Waals surface area contributed by atoms with E-state index in [4.69, 9.17) is 24.7 Å². The van der Waals surface area contributed by atoms with E-state index in [-0.39, 0.29) is 40.9 Å². The number of methoxy groups -OCH3 is 1. The summed E-state index contributed by atoms with van der Waals surface area (Å²) in [7, 11) is 1.73. The normalized spacial score (nSPS) is 24.6. The van der Waals surface area contributed by atoms with E-state index in [0.29, 0.717) is 51.0 Å². The van der Waals surface area contributed by atoms with Crippen LogP contribution in [-0.4, -0.2) is 64.8 Å². The molecule has 4 fully saturated rings. The van der Waals surface area contributed by atoms with Gasteiger partial charge in [0.15, 0.2) is 0 Å². The lowest BCUT2D eigenvalue weighted by atomic mass is 9.51. The fraction of sp³-hybridized carbons (Fsp3) is 0.610. The van der Waals surface area contributed by atoms with Crippen molar-refractivity contribution in [3.63, 3.8) is 0 Å². The van der Waals surface area contributed by atoms with E-state index in [2.05, 4.69) is 63.5 Å². The first-order valence-corrected chi connectivity index (χ1v) is 19.0. The molecule has 4 aliphatic carbocycles. The molecular formula is C41H57N5O5. The Kier molecular flexibility index (Phi) is 11.1. The van der Waals surface area contributed by atoms with Gasteiger partial charge in [-0.2, -0.15) is 5.10 Å². The minimum Gasteiger partial charge on any atom is -0.496 e. The number of fused-ring (bicyclic) bond motifs is 3. The molecule has 0 saturated heterocycles. The Labute approximate surface area is 303 Å². The van der Waals surface area contributed by atoms with Gasteiger partial charge in [-0.1, -0.05) is 19.1 Å². The number of amides is 2. The van der Waals surface area contributed by atoms with Gasteiger partial charge in [-0.05, 0) is 144 Å². The molecule has 0 unspecified atom stereocenters. The Hall–Kier alpha value is -3.92. The molecule has 0 aliphatic heterocycles. The Bertz CT molecular complexity index is 1650. The number of carbonyl (C=O) groups is 2. The zero-order valence-electron chi connectivity index (χ0n) is 31.2. The summed E-state index contributed by atoms with van der Waals surface area (Å²) in [4.78, 5) is 33.8. The smallest absolute Gasteiger partial charge is 0.407 e. The SMILES string of the molecule is CCC(C)(C)n1cc(-c2ccnc(N(CC34CCC(c5ccc(OC)c(C)c5)(CC3)CC4)C(=O)C3CCC(OC(=O)NCCCO)CC3)c2)cn1. The molecule has 2 heterocycles. The first-order chi connectivity index (χ1) is 24.5. The minimum atomic E-state index is -0.457. The zero-order chi connectivity index (χ0) is 36.2. The van der Waals surface area contributed by atoms with Crippen LogP contribution in [0.5, 0.6) is 5.75 Å². The number of pyridine rings is 1. The van der Waals surface area contributed by atoms with Crippen molar-refractivity contribution in [1.82, 2.24) is 20.1 Å². The number of benzene rings is 1. The first-order valence-electron chi connectivity index (χ1n) is 19.0. The third-order valence-corrected chi connectivity index (χ3v) is 12.5. The third-order valence-electron chi connectivity index (χ3n) is 12.5. The summed E-state index contributed by atoms with van der Waals surface area (Å²) < 4.78 is 13.2. The number of aryl methyl sites for hydroxylation is 1. The second-order valence-electron chi connectivity index (χ2n) is 16.0. The Morgan fingerprint density at radius 2 is 1.76 bits per heavy atom. The predicted molar refractivity (Wildman–Crippen MR) is 199 cm³/mol. The van der Waals surface area contributed by atoms with Gasteiger partial charge in [0.2, 0.25) is 5.91 Å². The molecule has 3 aromatic rings. The van der Waals surface area contributed by atoms with Crippen LogP contribution in [0.4, 0.5) is 10.6 Å². The van der Waals surface area contributed by atoms with Crippen LogP contribution in [0.3, 0.4) is 0 Å². The highest BCUT2D eigenvalue weighted by Crippen LogP contribution is 2.58. The second-order valence-corrected chi connectivity index (χ2v) is 16.0. The van der Waals surface area contributed by atoms with Gasteiger partial charge in [0.1, 0.15) is 17.7 Å². The largest absolute Gasteiger partial charge is 0.496 e. The van der Waals surface area contributed by atoms with E-state index in [1.54, 1.807) is 7.11 Å². The summed E-state index contributed by atoms with van der Waals surface area (Å²) in [6, 6.07) is 10.8. The molecule has 0 atom stereocenters. The Morgan fingerprint density at radius 1 is 1.04 bits per heavy atom. The molecule has 2 N–H and O–H groups in total. The van der Waals surface area contributed by atoms with Crippen molar-refractivity contribution in [3.05, 3.63) is 60.0 Å². The van der Waals surface area contributed by atoms with Crippen LogP contribution in [0.2, 0.25) is 0 Å². The van der Waals surface area contributed by atoms with E-state index in [1.165, 1.54) is 11.1 Å². The molecular weight excluding hydrogens is 642 g/mol. The summed E-state index contributed by atoms with van der Waals surface area (Å²) in [6.07, 6.45) is 15.8. The molecule has 276 valence electrons. The van der Waals surface area contributed by atoms with Crippen LogP contribution in [-0.2, 0) is 20.5 Å². The molecule has 4 aliphatic rings. The number of hydrogen-bond acceptors (Lipinski definition) is 7. The van der Waals surface area contributed by atoms with Crippen LogP contribution in [0.1, 0.15) is 109 Å². The number of aliphatic hydroxyl groups excluding tert-OH is 1. The average Bonchev–Trinajstić information content (AvgIpc) is 3.67. The molecule has 4 saturated carbocycles. The number of nitrogens with zero attached hydrogens (tertiary/aromatic N) is 4. The predicted octanol–water partition coefficient (Wildman–Crippen LogP) is 7.70. The van der Waals surface area contributed by atoms with E-state index in [9.17, 15) is 9.59 Å². The van der Waals surface area contributed by atoms with E-state index in [0.717, 1.165) is 61.8 Å². The Balaban J connectivity index is 1.22. The van der Waals surface area contributed by atoms with Crippen LogP contribution < -0.4 is 15.0 Å². The molecule has 51 heavy (non-hydrogen) atoms. The number of nitrogens with one attached hydrogen (secondary N) is 1. The lowest BCUT2D eigenvalue weighted by Gasteiger charge is -2.55. The van der Waals surface area contributed by atoms with Crippen molar-refractivity contribution in [2.24, 2.45) is 11.3 Å². The summed E-state index contributed by atoms with van der Waals surface area (Å²) >= 11 is 0. The lowest BCUT2D eigenvalue weighted by Crippen LogP contribution is -2.52. The van der Waals surface area contributed by atoms with Crippen molar-refractivity contribution in [3.8, 4) is 16.9 Å². The molecule has 2 amide bonds. The molecule has 7 rings (SSSR count). The van der Waals surface area contributed by atoms with Crippen LogP contribution >= 0.6 is 0 Å². The van der Waals surface area contributed by atoms with E-state index in [1.807, 2.05) is 28.0 Å². The average molecular weight is 700 g/mol. The van der Waals surface area contributed by atoms with Crippen molar-refractivity contribution in [2.45, 2.75) is 122 Å². The molecule has 1 aromatic carbocycles. The first kappa shape index (κ1) is 36.9. The summed E-state index contributed by atoms with van der Waals surface area (Å²) in [6.45, 7) is 9.72. The highest BCUT2D eigenvalue weighted by Gasteiger charge is 2.51. The van der Waals surface area contributed by atoms with Crippen molar-refractivity contribution in [2.75, 3.05) is 31.7 Å². The van der Waals surface area contributed by atoms with E-state index >= 15 is 0 Å². The van der Waals surface area contributed by atoms with Crippen molar-refractivity contribution < 1.29 is 24.2 Å². The second kappa shape index (κ2) is 15.4. The van der Waals surface area contributed by atoms with Gasteiger partial charge in [0, 0.05) is 43.6 Å². The number of aromatic nitrogens is 3. The fourth-order valence-corrected chi connectivity index (χ4v) is 8.57. The third kappa shape index (κ3) is 7.96. The number of rotatable bonds is 13. The standard InChI is InChI=1S/C41H57N5O5/c1-6-39(3,4)46-27-32(26-44-46)31-14-22-42-36(25-31)45(37(48)30-8-11-34(12-9-30)51-38(49)43-21-7-23-47)28-40-15-18-41(19-16-40,20-17-40)33-10-13-35(50-5)29(2)24-33/h10,13-14,22,24-27,30,34,47H,6-9,11-12,15-21,23,28H2,1-5H3,(H,43,49). The molecule has 0 radical (unpaired) electrons. The minimum absolute atomic E-state index is 0.0208. The zero-order valence-corrected chi connectivity index (χ0v) is 31.2. The summed E-state index contributed by atoms with van der Waals surface area (Å²) in [5, 5.41) is 16.4. The summed E-state index contributed by atoms with van der Waals surface area (Å²) in [5.41, 5.74) is 4.74. The fourth-order valence-electron chi connectivity index (χ4n) is 8.57. The highest BCUT2D eigenvalue weighted by atomic mass is 16.6. The van der Waals surface area contributed by atoms with E-state index < -0.39 is 6.09 Å². The number of anilines is 1. The summed E-state index contributed by atoms with van der Waals surface area (Å²) in [5.74, 6) is 1.59. The number of ether oxygens (including phenoxy) is 2. The number of aliphatic hydroxyl groups is 1. The topological polar surface area (TPSA) is 119 Å². The van der Waals surface area contributed by atoms with Gasteiger partial charge in [0.25, 0.3) is 0 Å². The van der Waals surface area contributed by atoms with Gasteiger partial charge in [0.05, 0.1) is 18.8 Å². The number of carbonyl (C=O) groups excluding carboxylic acids is 2. The number of hydrogen-bond donors (Lipinski definition) is 2. The molecule has 0 spiro atoms. The van der Waals surface area contributed by atoms with Gasteiger partial charge in [-0.15, -0.1) is 0 Å². The highest BCUT2D eigenvalue weighted by molar-refractivity contribution is 5.95. The molecule has 10 nitrogen and oxygen atoms in total. The van der Waals surface area contributed by atoms with Crippen LogP contribution in [0.15, 0.2) is 48.9 Å². The molecule has 2 aromatic heterocycles. The van der Waals surface area contributed by atoms with Gasteiger partial charge < -0.3 is 19.9 Å². The molecule has 10 heteroatoms. The van der Waals surface area contributed by atoms with Crippen molar-refractivity contribution >= 4 is 17.8 Å². The monoisotopic (exact) mass is 699 g/mol. The maximum Gasteiger partial charge on any atom is 0.407 e. The lowest BCUT2D eigenvalue weighted by molar-refractivity contribution is -0.124. The number of alkyl carbamates (subject to hydrolysis) is 1. The van der Waals surface area contributed by atoms with Gasteiger partial charge in [-0.25, -0.2) is 9.78 Å². The quantitative estimate of drug-likeness (QED) is 0.176.